The molecule has 172 valence electrons. The molecular weight excluding hydrogens is 384 g/mol. The Morgan fingerprint density at radius 3 is 1.41 bits per heavy atom. The SMILES string of the molecule is CCC1(CC)CCCCCCCC[Si]12CCCCCCCCC[Si](CC)(CC)O2. The van der Waals surface area contributed by atoms with Gasteiger partial charge in [0.25, 0.3) is 0 Å². The Bertz CT molecular complexity index is 430. The molecule has 0 N–H and O–H groups in total. The fourth-order valence-corrected chi connectivity index (χ4v) is 20.4. The van der Waals surface area contributed by atoms with Crippen molar-refractivity contribution in [3.63, 3.8) is 0 Å². The lowest BCUT2D eigenvalue weighted by atomic mass is 9.94. The van der Waals surface area contributed by atoms with Gasteiger partial charge in [-0.25, -0.2) is 0 Å². The van der Waals surface area contributed by atoms with Crippen molar-refractivity contribution in [3.05, 3.63) is 0 Å². The molecule has 3 heteroatoms. The van der Waals surface area contributed by atoms with Crippen LogP contribution < -0.4 is 0 Å². The second-order valence-corrected chi connectivity index (χ2v) is 19.7. The van der Waals surface area contributed by atoms with Gasteiger partial charge in [-0.2, -0.15) is 0 Å². The molecule has 0 bridgehead atoms. The molecular formula is C26H54OSi2. The van der Waals surface area contributed by atoms with Gasteiger partial charge in [0.1, 0.15) is 0 Å². The minimum Gasteiger partial charge on any atom is -0.454 e. The zero-order valence-electron chi connectivity index (χ0n) is 20.8. The van der Waals surface area contributed by atoms with Crippen LogP contribution in [-0.2, 0) is 4.12 Å². The highest BCUT2D eigenvalue weighted by atomic mass is 28.4. The number of hydrogen-bond acceptors (Lipinski definition) is 1. The van der Waals surface area contributed by atoms with Crippen molar-refractivity contribution in [2.24, 2.45) is 0 Å². The smallest absolute Gasteiger partial charge is 0.185 e. The first-order chi connectivity index (χ1) is 14.1. The molecule has 1 nitrogen and oxygen atoms in total. The predicted octanol–water partition coefficient (Wildman–Crippen LogP) is 9.98. The monoisotopic (exact) mass is 438 g/mol. The molecule has 2 heterocycles. The normalized spacial score (nSPS) is 30.2. The predicted molar refractivity (Wildman–Crippen MR) is 136 cm³/mol. The maximum atomic E-state index is 7.95. The van der Waals surface area contributed by atoms with E-state index in [4.69, 9.17) is 4.12 Å². The summed E-state index contributed by atoms with van der Waals surface area (Å²) in [6.45, 7) is 10.0. The molecule has 1 atom stereocenters. The standard InChI is InChI=1S/C26H54OSi2/c1-5-26(6-2)22-18-14-10-13-17-21-25-29(26)24-20-16-12-9-11-15-19-23-28(7-3,8-4)27-29/h5-25H2,1-4H3. The van der Waals surface area contributed by atoms with Gasteiger partial charge in [0.05, 0.1) is 0 Å². The van der Waals surface area contributed by atoms with E-state index in [1.807, 2.05) is 0 Å². The van der Waals surface area contributed by atoms with Crippen molar-refractivity contribution in [2.75, 3.05) is 0 Å². The van der Waals surface area contributed by atoms with Crippen molar-refractivity contribution in [1.29, 1.82) is 0 Å². The summed E-state index contributed by atoms with van der Waals surface area (Å²) >= 11 is 0. The van der Waals surface area contributed by atoms with E-state index in [1.54, 1.807) is 0 Å². The van der Waals surface area contributed by atoms with Gasteiger partial charge in [-0.15, -0.1) is 0 Å². The Kier molecular flexibility index (Phi) is 11.6. The summed E-state index contributed by atoms with van der Waals surface area (Å²) in [5, 5.41) is 0.553. The van der Waals surface area contributed by atoms with Crippen LogP contribution in [0.1, 0.15) is 130 Å². The van der Waals surface area contributed by atoms with Crippen LogP contribution in [0, 0.1) is 0 Å². The molecule has 0 aromatic heterocycles. The highest BCUT2D eigenvalue weighted by Crippen LogP contribution is 2.56. The molecule has 1 spiro atoms. The van der Waals surface area contributed by atoms with Gasteiger partial charge in [-0.3, -0.25) is 0 Å². The van der Waals surface area contributed by atoms with Crippen molar-refractivity contribution >= 4 is 16.6 Å². The van der Waals surface area contributed by atoms with Gasteiger partial charge >= 0.3 is 0 Å². The highest BCUT2D eigenvalue weighted by molar-refractivity contribution is 6.88. The molecule has 29 heavy (non-hydrogen) atoms. The molecule has 2 saturated heterocycles. The van der Waals surface area contributed by atoms with E-state index in [9.17, 15) is 0 Å². The first-order valence-corrected chi connectivity index (χ1v) is 18.7. The van der Waals surface area contributed by atoms with Gasteiger partial charge in [0, 0.05) is 0 Å². The van der Waals surface area contributed by atoms with Crippen LogP contribution in [0.5, 0.6) is 0 Å². The lowest BCUT2D eigenvalue weighted by Gasteiger charge is -2.54. The average Bonchev–Trinajstić information content (AvgIpc) is 2.75. The number of rotatable bonds is 4. The first-order valence-electron chi connectivity index (χ1n) is 13.8. The average molecular weight is 439 g/mol. The third kappa shape index (κ3) is 6.69. The lowest BCUT2D eigenvalue weighted by molar-refractivity contribution is 0.345. The fraction of sp³-hybridized carbons (Fsp3) is 1.00. The maximum Gasteiger partial charge on any atom is 0.185 e. The van der Waals surface area contributed by atoms with E-state index in [-0.39, 0.29) is 0 Å². The van der Waals surface area contributed by atoms with E-state index in [0.29, 0.717) is 5.04 Å². The Hall–Kier alpha value is 0.394. The second-order valence-electron chi connectivity index (χ2n) is 10.6. The minimum atomic E-state index is -1.78. The quantitative estimate of drug-likeness (QED) is 0.397. The molecule has 2 fully saturated rings. The minimum absolute atomic E-state index is 0.553. The largest absolute Gasteiger partial charge is 0.454 e. The van der Waals surface area contributed by atoms with Crippen molar-refractivity contribution < 1.29 is 4.12 Å². The Morgan fingerprint density at radius 1 is 0.552 bits per heavy atom. The molecule has 0 radical (unpaired) electrons. The molecule has 0 aliphatic carbocycles. The number of hydrogen-bond donors (Lipinski definition) is 0. The second kappa shape index (κ2) is 13.1. The topological polar surface area (TPSA) is 9.23 Å². The summed E-state index contributed by atoms with van der Waals surface area (Å²) in [5.74, 6) is 0. The van der Waals surface area contributed by atoms with Crippen LogP contribution in [0.25, 0.3) is 0 Å². The van der Waals surface area contributed by atoms with E-state index in [0.717, 1.165) is 0 Å². The first kappa shape index (κ1) is 25.7. The van der Waals surface area contributed by atoms with E-state index < -0.39 is 16.6 Å². The zero-order valence-corrected chi connectivity index (χ0v) is 22.8. The summed E-state index contributed by atoms with van der Waals surface area (Å²) in [6, 6.07) is 7.16. The van der Waals surface area contributed by atoms with E-state index in [2.05, 4.69) is 27.7 Å². The van der Waals surface area contributed by atoms with Gasteiger partial charge in [-0.1, -0.05) is 124 Å². The molecule has 0 aromatic carbocycles. The Labute approximate surface area is 186 Å². The van der Waals surface area contributed by atoms with E-state index >= 15 is 0 Å². The van der Waals surface area contributed by atoms with E-state index in [1.165, 1.54) is 133 Å². The Balaban J connectivity index is 2.45. The van der Waals surface area contributed by atoms with Crippen molar-refractivity contribution in [2.45, 2.75) is 166 Å². The fourth-order valence-electron chi connectivity index (χ4n) is 6.88. The summed E-state index contributed by atoms with van der Waals surface area (Å²) in [4.78, 5) is 0. The van der Waals surface area contributed by atoms with Gasteiger partial charge in [0.15, 0.2) is 16.6 Å². The van der Waals surface area contributed by atoms with Crippen LogP contribution in [0.4, 0.5) is 0 Å². The van der Waals surface area contributed by atoms with Gasteiger partial charge < -0.3 is 4.12 Å². The van der Waals surface area contributed by atoms with Gasteiger partial charge in [-0.05, 0) is 41.7 Å². The molecule has 0 saturated carbocycles. The third-order valence-corrected chi connectivity index (χ3v) is 21.6. The van der Waals surface area contributed by atoms with Crippen LogP contribution in [-0.4, -0.2) is 16.6 Å². The van der Waals surface area contributed by atoms with Crippen LogP contribution in [0.15, 0.2) is 0 Å². The van der Waals surface area contributed by atoms with Crippen molar-refractivity contribution in [3.8, 4) is 0 Å². The Morgan fingerprint density at radius 2 is 0.966 bits per heavy atom. The maximum absolute atomic E-state index is 7.95. The third-order valence-electron chi connectivity index (χ3n) is 9.22. The zero-order chi connectivity index (χ0) is 21.1. The molecule has 1 unspecified atom stereocenters. The van der Waals surface area contributed by atoms with Gasteiger partial charge in [0.2, 0.25) is 0 Å². The summed E-state index contributed by atoms with van der Waals surface area (Å²) in [7, 11) is -3.37. The van der Waals surface area contributed by atoms with Crippen LogP contribution in [0.2, 0.25) is 35.3 Å². The molecule has 0 aromatic rings. The molecule has 2 rings (SSSR count). The molecule has 2 aliphatic rings. The summed E-state index contributed by atoms with van der Waals surface area (Å²) in [6.07, 6.45) is 23.3. The molecule has 0 amide bonds. The molecule has 2 aliphatic heterocycles. The summed E-state index contributed by atoms with van der Waals surface area (Å²) < 4.78 is 7.95. The van der Waals surface area contributed by atoms with Crippen LogP contribution in [0.3, 0.4) is 0 Å². The summed E-state index contributed by atoms with van der Waals surface area (Å²) in [5.41, 5.74) is 0. The van der Waals surface area contributed by atoms with Crippen LogP contribution >= 0.6 is 0 Å². The lowest BCUT2D eigenvalue weighted by Crippen LogP contribution is -2.58. The highest BCUT2D eigenvalue weighted by Gasteiger charge is 2.54. The van der Waals surface area contributed by atoms with Crippen molar-refractivity contribution in [1.82, 2.24) is 0 Å².